The van der Waals surface area contributed by atoms with Gasteiger partial charge in [-0.15, -0.1) is 0 Å². The molecule has 0 aromatic heterocycles. The van der Waals surface area contributed by atoms with Crippen molar-refractivity contribution in [1.29, 1.82) is 0 Å². The average molecular weight is 240 g/mol. The molecule has 94 valence electrons. The highest BCUT2D eigenvalue weighted by Crippen LogP contribution is 2.22. The van der Waals surface area contributed by atoms with Gasteiger partial charge in [0.15, 0.2) is 0 Å². The van der Waals surface area contributed by atoms with E-state index in [0.717, 1.165) is 18.4 Å². The summed E-state index contributed by atoms with van der Waals surface area (Å²) in [5.41, 5.74) is 4.86. The number of Topliss-reactive ketones (excluding diaryl/α,β-unsaturated/α-hetero) is 1. The molecule has 0 aliphatic heterocycles. The molecule has 1 aliphatic rings. The van der Waals surface area contributed by atoms with Crippen molar-refractivity contribution in [2.45, 2.75) is 39.5 Å². The maximum Gasteiger partial charge on any atom is 0.141 e. The molecule has 1 aliphatic carbocycles. The van der Waals surface area contributed by atoms with Gasteiger partial charge >= 0.3 is 0 Å². The summed E-state index contributed by atoms with van der Waals surface area (Å²) in [5.74, 6) is 0.310. The average Bonchev–Trinajstić information content (AvgIpc) is 2.35. The summed E-state index contributed by atoms with van der Waals surface area (Å²) < 4.78 is 0. The van der Waals surface area contributed by atoms with Crippen LogP contribution in [0.15, 0.2) is 47.6 Å². The monoisotopic (exact) mass is 240 g/mol. The zero-order chi connectivity index (χ0) is 13.0. The topological polar surface area (TPSA) is 17.1 Å². The molecule has 0 heterocycles. The summed E-state index contributed by atoms with van der Waals surface area (Å²) in [7, 11) is 0. The molecular weight excluding hydrogens is 220 g/mol. The third kappa shape index (κ3) is 3.19. The van der Waals surface area contributed by atoms with Crippen LogP contribution in [0.25, 0.3) is 0 Å². The van der Waals surface area contributed by atoms with Crippen LogP contribution in [0.5, 0.6) is 0 Å². The number of carbonyl (C=O) groups excluding carboxylic acids is 1. The molecule has 1 nitrogen and oxygen atoms in total. The van der Waals surface area contributed by atoms with E-state index in [9.17, 15) is 4.79 Å². The first kappa shape index (κ1) is 12.8. The van der Waals surface area contributed by atoms with Gasteiger partial charge in [0.2, 0.25) is 0 Å². The van der Waals surface area contributed by atoms with Gasteiger partial charge in [-0.3, -0.25) is 4.79 Å². The van der Waals surface area contributed by atoms with Gasteiger partial charge in [-0.25, -0.2) is 0 Å². The van der Waals surface area contributed by atoms with Crippen molar-refractivity contribution in [3.8, 4) is 0 Å². The van der Waals surface area contributed by atoms with Crippen LogP contribution in [0.2, 0.25) is 0 Å². The molecule has 1 aromatic rings. The fraction of sp³-hybridized carbons (Fsp3) is 0.353. The molecule has 0 bridgehead atoms. The molecule has 2 rings (SSSR count). The van der Waals surface area contributed by atoms with Crippen molar-refractivity contribution >= 4 is 5.78 Å². The second-order valence-corrected chi connectivity index (χ2v) is 5.01. The maximum atomic E-state index is 12.1. The standard InChI is InChI=1S/C17H20O/c1-13-7-3-5-9-15(13)11-17(18)12-16-10-6-4-8-14(16)2/h3,5,7-10H,4,6,11-12H2,1-2H3. The minimum atomic E-state index is 0.310. The van der Waals surface area contributed by atoms with Crippen LogP contribution in [-0.4, -0.2) is 5.78 Å². The van der Waals surface area contributed by atoms with E-state index in [-0.39, 0.29) is 0 Å². The van der Waals surface area contributed by atoms with Crippen molar-refractivity contribution in [3.63, 3.8) is 0 Å². The summed E-state index contributed by atoms with van der Waals surface area (Å²) in [6, 6.07) is 8.12. The molecule has 0 saturated carbocycles. The predicted octanol–water partition coefficient (Wildman–Crippen LogP) is 4.16. The number of allylic oxidation sites excluding steroid dienone is 4. The molecule has 0 spiro atoms. The summed E-state index contributed by atoms with van der Waals surface area (Å²) in [6.45, 7) is 4.17. The molecule has 0 N–H and O–H groups in total. The van der Waals surface area contributed by atoms with E-state index in [0.29, 0.717) is 18.6 Å². The maximum absolute atomic E-state index is 12.1. The quantitative estimate of drug-likeness (QED) is 0.772. The van der Waals surface area contributed by atoms with Crippen LogP contribution in [0.3, 0.4) is 0 Å². The van der Waals surface area contributed by atoms with Crippen molar-refractivity contribution < 1.29 is 4.79 Å². The van der Waals surface area contributed by atoms with Crippen LogP contribution < -0.4 is 0 Å². The van der Waals surface area contributed by atoms with Crippen molar-refractivity contribution in [2.75, 3.05) is 0 Å². The third-order valence-electron chi connectivity index (χ3n) is 3.55. The molecule has 0 amide bonds. The lowest BCUT2D eigenvalue weighted by atomic mass is 9.92. The first-order chi connectivity index (χ1) is 8.66. The summed E-state index contributed by atoms with van der Waals surface area (Å²) >= 11 is 0. The fourth-order valence-electron chi connectivity index (χ4n) is 2.36. The van der Waals surface area contributed by atoms with Gasteiger partial charge < -0.3 is 0 Å². The largest absolute Gasteiger partial charge is 0.299 e. The van der Waals surface area contributed by atoms with Gasteiger partial charge in [-0.2, -0.15) is 0 Å². The lowest BCUT2D eigenvalue weighted by molar-refractivity contribution is -0.117. The lowest BCUT2D eigenvalue weighted by Crippen LogP contribution is -2.07. The molecule has 0 unspecified atom stereocenters. The Kier molecular flexibility index (Phi) is 4.14. The molecule has 1 heteroatoms. The highest BCUT2D eigenvalue weighted by Gasteiger charge is 2.11. The van der Waals surface area contributed by atoms with E-state index in [4.69, 9.17) is 0 Å². The zero-order valence-electron chi connectivity index (χ0n) is 11.2. The summed E-state index contributed by atoms with van der Waals surface area (Å²) in [4.78, 5) is 12.1. The van der Waals surface area contributed by atoms with E-state index in [1.807, 2.05) is 18.2 Å². The van der Waals surface area contributed by atoms with E-state index < -0.39 is 0 Å². The van der Waals surface area contributed by atoms with Gasteiger partial charge in [0, 0.05) is 12.8 Å². The lowest BCUT2D eigenvalue weighted by Gasteiger charge is -2.12. The number of carbonyl (C=O) groups is 1. The molecular formula is C17H20O. The van der Waals surface area contributed by atoms with E-state index in [1.165, 1.54) is 16.7 Å². The Morgan fingerprint density at radius 3 is 2.50 bits per heavy atom. The molecule has 0 fully saturated rings. The molecule has 0 saturated heterocycles. The molecule has 0 radical (unpaired) electrons. The number of hydrogen-bond acceptors (Lipinski definition) is 1. The van der Waals surface area contributed by atoms with E-state index in [2.05, 4.69) is 32.1 Å². The van der Waals surface area contributed by atoms with Crippen LogP contribution in [0, 0.1) is 6.92 Å². The van der Waals surface area contributed by atoms with Crippen LogP contribution in [-0.2, 0) is 11.2 Å². The third-order valence-corrected chi connectivity index (χ3v) is 3.55. The Balaban J connectivity index is 2.00. The minimum Gasteiger partial charge on any atom is -0.299 e. The van der Waals surface area contributed by atoms with Gasteiger partial charge in [-0.1, -0.05) is 42.0 Å². The van der Waals surface area contributed by atoms with Crippen LogP contribution in [0.1, 0.15) is 37.3 Å². The van der Waals surface area contributed by atoms with Crippen molar-refractivity contribution in [3.05, 3.63) is 58.7 Å². The summed E-state index contributed by atoms with van der Waals surface area (Å²) in [6.07, 6.45) is 7.76. The number of aryl methyl sites for hydroxylation is 1. The molecule has 18 heavy (non-hydrogen) atoms. The molecule has 1 aromatic carbocycles. The smallest absolute Gasteiger partial charge is 0.141 e. The van der Waals surface area contributed by atoms with Gasteiger partial charge in [0.1, 0.15) is 5.78 Å². The van der Waals surface area contributed by atoms with Gasteiger partial charge in [0.05, 0.1) is 0 Å². The number of benzene rings is 1. The fourth-order valence-corrected chi connectivity index (χ4v) is 2.36. The number of hydrogen-bond donors (Lipinski definition) is 0. The predicted molar refractivity (Wildman–Crippen MR) is 75.6 cm³/mol. The Morgan fingerprint density at radius 2 is 1.78 bits per heavy atom. The second-order valence-electron chi connectivity index (χ2n) is 5.01. The van der Waals surface area contributed by atoms with Crippen molar-refractivity contribution in [2.24, 2.45) is 0 Å². The first-order valence-electron chi connectivity index (χ1n) is 6.59. The Bertz CT molecular complexity index is 506. The summed E-state index contributed by atoms with van der Waals surface area (Å²) in [5, 5.41) is 0. The SMILES string of the molecule is CC1=CCCC=C1CC(=O)Cc1ccccc1C. The minimum absolute atomic E-state index is 0.310. The molecule has 0 atom stereocenters. The zero-order valence-corrected chi connectivity index (χ0v) is 11.2. The van der Waals surface area contributed by atoms with Crippen molar-refractivity contribution in [1.82, 2.24) is 0 Å². The Morgan fingerprint density at radius 1 is 1.06 bits per heavy atom. The Hall–Kier alpha value is -1.63. The van der Waals surface area contributed by atoms with Gasteiger partial charge in [0.25, 0.3) is 0 Å². The van der Waals surface area contributed by atoms with Gasteiger partial charge in [-0.05, 0) is 43.4 Å². The van der Waals surface area contributed by atoms with Crippen LogP contribution in [0.4, 0.5) is 0 Å². The first-order valence-corrected chi connectivity index (χ1v) is 6.59. The highest BCUT2D eigenvalue weighted by molar-refractivity contribution is 5.84. The number of ketones is 1. The highest BCUT2D eigenvalue weighted by atomic mass is 16.1. The normalized spacial score (nSPS) is 15.0. The second kappa shape index (κ2) is 5.81. The van der Waals surface area contributed by atoms with Crippen LogP contribution >= 0.6 is 0 Å². The van der Waals surface area contributed by atoms with E-state index in [1.54, 1.807) is 0 Å². The van der Waals surface area contributed by atoms with E-state index >= 15 is 0 Å². The Labute approximate surface area is 109 Å². The number of rotatable bonds is 4.